The molecule has 0 saturated heterocycles. The number of nitrogens with one attached hydrogen (secondary N) is 2. The minimum absolute atomic E-state index is 1.05. The van der Waals surface area contributed by atoms with Crippen LogP contribution < -0.4 is 5.32 Å². The van der Waals surface area contributed by atoms with Crippen LogP contribution in [0.25, 0.3) is 10.9 Å². The fourth-order valence-electron chi connectivity index (χ4n) is 1.98. The van der Waals surface area contributed by atoms with Crippen LogP contribution in [0.2, 0.25) is 0 Å². The minimum Gasteiger partial charge on any atom is -0.357 e. The molecule has 1 aromatic carbocycles. The molecule has 0 spiro atoms. The maximum atomic E-state index is 3.40. The molecule has 0 bridgehead atoms. The van der Waals surface area contributed by atoms with Crippen molar-refractivity contribution >= 4 is 10.9 Å². The third kappa shape index (κ3) is 0.988. The van der Waals surface area contributed by atoms with Crippen molar-refractivity contribution in [2.45, 2.75) is 6.42 Å². The molecule has 65 valence electrons. The molecule has 0 amide bonds. The first-order valence-corrected chi connectivity index (χ1v) is 4.61. The van der Waals surface area contributed by atoms with E-state index >= 15 is 0 Å². The Morgan fingerprint density at radius 3 is 3.08 bits per heavy atom. The lowest BCUT2D eigenvalue weighted by molar-refractivity contribution is 0.750. The topological polar surface area (TPSA) is 27.8 Å². The van der Waals surface area contributed by atoms with E-state index in [4.69, 9.17) is 0 Å². The summed E-state index contributed by atoms with van der Waals surface area (Å²) in [6.07, 6.45) is 1.12. The zero-order valence-electron chi connectivity index (χ0n) is 7.30. The lowest BCUT2D eigenvalue weighted by Crippen LogP contribution is -2.20. The van der Waals surface area contributed by atoms with Crippen molar-refractivity contribution in [1.82, 2.24) is 10.3 Å². The van der Waals surface area contributed by atoms with E-state index in [2.05, 4.69) is 41.1 Å². The fourth-order valence-corrected chi connectivity index (χ4v) is 1.98. The van der Waals surface area contributed by atoms with Gasteiger partial charge in [0.1, 0.15) is 0 Å². The minimum atomic E-state index is 1.05. The lowest BCUT2D eigenvalue weighted by Gasteiger charge is -2.11. The van der Waals surface area contributed by atoms with Gasteiger partial charge < -0.3 is 10.3 Å². The van der Waals surface area contributed by atoms with Crippen LogP contribution >= 0.6 is 0 Å². The Morgan fingerprint density at radius 2 is 2.08 bits per heavy atom. The van der Waals surface area contributed by atoms with E-state index in [1.807, 2.05) is 0 Å². The predicted octanol–water partition coefficient (Wildman–Crippen LogP) is 1.82. The highest BCUT2D eigenvalue weighted by molar-refractivity contribution is 5.85. The van der Waals surface area contributed by atoms with Crippen molar-refractivity contribution < 1.29 is 0 Å². The second kappa shape index (κ2) is 2.60. The van der Waals surface area contributed by atoms with Crippen molar-refractivity contribution in [3.8, 4) is 0 Å². The van der Waals surface area contributed by atoms with Gasteiger partial charge in [-0.25, -0.2) is 0 Å². The summed E-state index contributed by atoms with van der Waals surface area (Å²) < 4.78 is 0. The number of hydrogen-bond acceptors (Lipinski definition) is 1. The number of aromatic amines is 1. The average Bonchev–Trinajstić information content (AvgIpc) is 2.56. The van der Waals surface area contributed by atoms with Crippen molar-refractivity contribution in [3.05, 3.63) is 42.1 Å². The fraction of sp³-hybridized carbons (Fsp3) is 0.182. The number of benzene rings is 1. The standard InChI is InChI=1S/C11H11N2/c1-2-4-10-8(3-1)9-5-6-12-7-11(9)13-10/h1-4,7,12-13H,5-6H2. The molecule has 2 nitrogen and oxygen atoms in total. The molecule has 0 saturated carbocycles. The second-order valence-electron chi connectivity index (χ2n) is 3.41. The van der Waals surface area contributed by atoms with Gasteiger partial charge in [-0.1, -0.05) is 18.2 Å². The maximum absolute atomic E-state index is 3.40. The predicted molar refractivity (Wildman–Crippen MR) is 53.4 cm³/mol. The zero-order valence-corrected chi connectivity index (χ0v) is 7.30. The van der Waals surface area contributed by atoms with Crippen LogP contribution in [-0.4, -0.2) is 11.5 Å². The van der Waals surface area contributed by atoms with E-state index in [0.29, 0.717) is 0 Å². The zero-order chi connectivity index (χ0) is 8.67. The maximum Gasteiger partial charge on any atom is 0.0688 e. The second-order valence-corrected chi connectivity index (χ2v) is 3.41. The van der Waals surface area contributed by atoms with E-state index in [-0.39, 0.29) is 0 Å². The van der Waals surface area contributed by atoms with Gasteiger partial charge in [-0.15, -0.1) is 0 Å². The van der Waals surface area contributed by atoms with Crippen molar-refractivity contribution in [2.24, 2.45) is 0 Å². The third-order valence-corrected chi connectivity index (χ3v) is 2.61. The highest BCUT2D eigenvalue weighted by Gasteiger charge is 2.13. The van der Waals surface area contributed by atoms with Gasteiger partial charge in [0.15, 0.2) is 0 Å². The Bertz CT molecular complexity index is 442. The molecule has 1 aliphatic rings. The van der Waals surface area contributed by atoms with E-state index < -0.39 is 0 Å². The molecule has 1 radical (unpaired) electrons. The van der Waals surface area contributed by atoms with Gasteiger partial charge in [-0.3, -0.25) is 0 Å². The molecular formula is C11H11N2. The number of para-hydroxylation sites is 1. The SMILES string of the molecule is [CH]1NCCc2c1[nH]c1ccccc21. The summed E-state index contributed by atoms with van der Waals surface area (Å²) in [6, 6.07) is 8.47. The summed E-state index contributed by atoms with van der Waals surface area (Å²) in [7, 11) is 0. The van der Waals surface area contributed by atoms with E-state index in [1.165, 1.54) is 22.2 Å². The summed E-state index contributed by atoms with van der Waals surface area (Å²) in [5.74, 6) is 0. The van der Waals surface area contributed by atoms with Gasteiger partial charge in [0.05, 0.1) is 6.54 Å². The molecule has 2 aromatic rings. The Hall–Kier alpha value is -1.28. The molecule has 0 unspecified atom stereocenters. The molecule has 1 aliphatic heterocycles. The van der Waals surface area contributed by atoms with Crippen molar-refractivity contribution in [1.29, 1.82) is 0 Å². The van der Waals surface area contributed by atoms with Crippen LogP contribution in [0.4, 0.5) is 0 Å². The van der Waals surface area contributed by atoms with Gasteiger partial charge in [0, 0.05) is 16.6 Å². The summed E-state index contributed by atoms with van der Waals surface area (Å²) in [4.78, 5) is 3.40. The first kappa shape index (κ1) is 7.15. The van der Waals surface area contributed by atoms with Gasteiger partial charge in [-0.05, 0) is 24.6 Å². The molecule has 0 atom stereocenters. The number of H-pyrrole nitrogens is 1. The first-order chi connectivity index (χ1) is 6.45. The Morgan fingerprint density at radius 1 is 1.15 bits per heavy atom. The Labute approximate surface area is 77.0 Å². The molecule has 1 aromatic heterocycles. The number of aromatic nitrogens is 1. The Kier molecular flexibility index (Phi) is 1.43. The molecule has 3 rings (SSSR count). The van der Waals surface area contributed by atoms with E-state index in [0.717, 1.165) is 13.0 Å². The van der Waals surface area contributed by atoms with E-state index in [1.54, 1.807) is 0 Å². The third-order valence-electron chi connectivity index (χ3n) is 2.61. The molecule has 0 aliphatic carbocycles. The molecular weight excluding hydrogens is 160 g/mol. The smallest absolute Gasteiger partial charge is 0.0688 e. The quantitative estimate of drug-likeness (QED) is 0.621. The van der Waals surface area contributed by atoms with Crippen LogP contribution in [0.3, 0.4) is 0 Å². The molecule has 2 heteroatoms. The molecule has 2 heterocycles. The van der Waals surface area contributed by atoms with Crippen LogP contribution in [-0.2, 0) is 6.42 Å². The van der Waals surface area contributed by atoms with Gasteiger partial charge >= 0.3 is 0 Å². The number of rotatable bonds is 0. The van der Waals surface area contributed by atoms with Gasteiger partial charge in [0.25, 0.3) is 0 Å². The van der Waals surface area contributed by atoms with Crippen molar-refractivity contribution in [2.75, 3.05) is 6.54 Å². The first-order valence-electron chi connectivity index (χ1n) is 4.61. The van der Waals surface area contributed by atoms with E-state index in [9.17, 15) is 0 Å². The Balaban J connectivity index is 2.34. The van der Waals surface area contributed by atoms with Crippen LogP contribution in [0.5, 0.6) is 0 Å². The summed E-state index contributed by atoms with van der Waals surface area (Å²) in [5, 5.41) is 4.62. The lowest BCUT2D eigenvalue weighted by atomic mass is 10.1. The van der Waals surface area contributed by atoms with Crippen molar-refractivity contribution in [3.63, 3.8) is 0 Å². The number of fused-ring (bicyclic) bond motifs is 3. The van der Waals surface area contributed by atoms with Crippen LogP contribution in [0.15, 0.2) is 24.3 Å². The van der Waals surface area contributed by atoms with Gasteiger partial charge in [0.2, 0.25) is 0 Å². The summed E-state index contributed by atoms with van der Waals surface area (Å²) in [5.41, 5.74) is 3.94. The monoisotopic (exact) mass is 171 g/mol. The summed E-state index contributed by atoms with van der Waals surface area (Å²) >= 11 is 0. The number of hydrogen-bond donors (Lipinski definition) is 2. The molecule has 13 heavy (non-hydrogen) atoms. The molecule has 2 N–H and O–H groups in total. The largest absolute Gasteiger partial charge is 0.357 e. The van der Waals surface area contributed by atoms with Crippen LogP contribution in [0, 0.1) is 6.54 Å². The van der Waals surface area contributed by atoms with Crippen LogP contribution in [0.1, 0.15) is 11.3 Å². The van der Waals surface area contributed by atoms with Gasteiger partial charge in [-0.2, -0.15) is 0 Å². The summed E-state index contributed by atoms with van der Waals surface area (Å²) in [6.45, 7) is 3.12. The highest BCUT2D eigenvalue weighted by Crippen LogP contribution is 2.24. The highest BCUT2D eigenvalue weighted by atomic mass is 14.9. The average molecular weight is 171 g/mol. The molecule has 0 fully saturated rings. The normalized spacial score (nSPS) is 16.0.